The third-order valence-electron chi connectivity index (χ3n) is 8.44. The first-order valence-corrected chi connectivity index (χ1v) is 13.5. The summed E-state index contributed by atoms with van der Waals surface area (Å²) in [4.78, 5) is 23.1. The number of ether oxygens (including phenoxy) is 1. The van der Waals surface area contributed by atoms with Crippen molar-refractivity contribution in [2.45, 2.75) is 77.2 Å². The Morgan fingerprint density at radius 1 is 1.17 bits per heavy atom. The average molecular weight is 487 g/mol. The lowest BCUT2D eigenvalue weighted by molar-refractivity contribution is -0.110. The number of aliphatic imine (C=N–C) groups is 1. The summed E-state index contributed by atoms with van der Waals surface area (Å²) < 4.78 is 5.55. The fourth-order valence-corrected chi connectivity index (χ4v) is 6.05. The molecule has 0 unspecified atom stereocenters. The van der Waals surface area contributed by atoms with E-state index >= 15 is 0 Å². The zero-order valence-corrected chi connectivity index (χ0v) is 21.7. The van der Waals surface area contributed by atoms with Crippen LogP contribution in [0.3, 0.4) is 0 Å². The predicted molar refractivity (Wildman–Crippen MR) is 145 cm³/mol. The highest BCUT2D eigenvalue weighted by atomic mass is 16.5. The molecule has 1 saturated carbocycles. The second kappa shape index (κ2) is 10.7. The predicted octanol–water partition coefficient (Wildman–Crippen LogP) is 6.18. The van der Waals surface area contributed by atoms with Crippen molar-refractivity contribution in [1.29, 1.82) is 0 Å². The molecule has 2 aliphatic carbocycles. The molecule has 5 rings (SSSR count). The van der Waals surface area contributed by atoms with Crippen molar-refractivity contribution < 1.29 is 9.53 Å². The Morgan fingerprint density at radius 3 is 2.61 bits per heavy atom. The monoisotopic (exact) mass is 486 g/mol. The van der Waals surface area contributed by atoms with Crippen LogP contribution in [-0.2, 0) is 9.53 Å². The lowest BCUT2D eigenvalue weighted by Crippen LogP contribution is -2.44. The number of amides is 1. The van der Waals surface area contributed by atoms with E-state index in [9.17, 15) is 4.79 Å². The molecule has 2 fully saturated rings. The minimum atomic E-state index is -0.207. The molecular formula is C30H38N4O2. The number of hydrogen-bond acceptors (Lipinski definition) is 4. The molecule has 190 valence electrons. The van der Waals surface area contributed by atoms with Crippen molar-refractivity contribution in [2.75, 3.05) is 31.6 Å². The molecule has 1 aromatic rings. The number of hydrogen-bond donors (Lipinski definition) is 1. The van der Waals surface area contributed by atoms with Gasteiger partial charge in [-0.25, -0.2) is 0 Å². The van der Waals surface area contributed by atoms with Gasteiger partial charge < -0.3 is 14.9 Å². The molecule has 1 amide bonds. The molecule has 1 aromatic carbocycles. The maximum absolute atomic E-state index is 13.0. The van der Waals surface area contributed by atoms with Gasteiger partial charge in [-0.05, 0) is 79.5 Å². The van der Waals surface area contributed by atoms with Crippen molar-refractivity contribution >= 4 is 22.9 Å². The van der Waals surface area contributed by atoms with Crippen molar-refractivity contribution in [3.8, 4) is 0 Å². The summed E-state index contributed by atoms with van der Waals surface area (Å²) in [6.07, 6.45) is 12.6. The number of nitrogens with zero attached hydrogens (tertiary/aromatic N) is 3. The summed E-state index contributed by atoms with van der Waals surface area (Å²) in [5.41, 5.74) is 5.48. The maximum atomic E-state index is 13.0. The number of carbonyl (C=O) groups is 1. The third-order valence-corrected chi connectivity index (χ3v) is 8.44. The molecule has 0 spiro atoms. The summed E-state index contributed by atoms with van der Waals surface area (Å²) >= 11 is 0. The molecule has 1 N–H and O–H groups in total. The van der Waals surface area contributed by atoms with Gasteiger partial charge in [0.05, 0.1) is 13.2 Å². The summed E-state index contributed by atoms with van der Waals surface area (Å²) in [6, 6.07) is 7.34. The molecule has 0 aromatic heterocycles. The third kappa shape index (κ3) is 5.63. The zero-order valence-electron chi connectivity index (χ0n) is 21.7. The molecule has 6 nitrogen and oxygen atoms in total. The highest BCUT2D eigenvalue weighted by Gasteiger charge is 2.29. The van der Waals surface area contributed by atoms with Crippen LogP contribution in [0.1, 0.15) is 82.3 Å². The second-order valence-electron chi connectivity index (χ2n) is 11.4. The van der Waals surface area contributed by atoms with Crippen molar-refractivity contribution in [3.05, 3.63) is 58.7 Å². The van der Waals surface area contributed by atoms with Crippen LogP contribution in [-0.4, -0.2) is 48.9 Å². The van der Waals surface area contributed by atoms with E-state index in [0.29, 0.717) is 35.3 Å². The van der Waals surface area contributed by atoms with Gasteiger partial charge in [-0.1, -0.05) is 38.6 Å². The summed E-state index contributed by atoms with van der Waals surface area (Å²) in [5, 5.41) is 3.13. The molecule has 2 aliphatic heterocycles. The van der Waals surface area contributed by atoms with Crippen LogP contribution in [0.5, 0.6) is 0 Å². The van der Waals surface area contributed by atoms with Gasteiger partial charge in [0.2, 0.25) is 0 Å². The molecule has 4 aliphatic rings. The average Bonchev–Trinajstić information content (AvgIpc) is 3.39. The van der Waals surface area contributed by atoms with Crippen LogP contribution in [0, 0.1) is 12.0 Å². The number of nitrogens with one attached hydrogen (secondary N) is 1. The normalized spacial score (nSPS) is 26.4. The summed E-state index contributed by atoms with van der Waals surface area (Å²) in [6.45, 7) is 15.7. The summed E-state index contributed by atoms with van der Waals surface area (Å²) in [5.74, 6) is 0.665. The number of carbonyl (C=O) groups excluding carboxylic acids is 1. The Hall–Kier alpha value is -2.75. The van der Waals surface area contributed by atoms with Gasteiger partial charge in [-0.3, -0.25) is 9.69 Å². The van der Waals surface area contributed by atoms with Crippen LogP contribution in [0.4, 0.5) is 5.69 Å². The van der Waals surface area contributed by atoms with E-state index in [1.54, 1.807) is 6.08 Å². The molecule has 36 heavy (non-hydrogen) atoms. The molecule has 2 heterocycles. The molecule has 0 radical (unpaired) electrons. The standard InChI is InChI=1S/C30H38N4O2/c1-30(2)14-12-22(13-15-30)25-20-23(21-4-7-24(8-5-21)34-16-18-36-19-17-34)6-9-26(25)33-29(35)27-10-11-28(31-3)32-27/h6,9,11-12,20-21,24H,4-5,7-8,10,13-19H2,1-2H3,(H,33,35). The fourth-order valence-electron chi connectivity index (χ4n) is 6.05. The van der Waals surface area contributed by atoms with Crippen LogP contribution in [0.25, 0.3) is 10.4 Å². The fraction of sp³-hybridized carbons (Fsp3) is 0.567. The van der Waals surface area contributed by atoms with Gasteiger partial charge in [0.1, 0.15) is 0 Å². The van der Waals surface area contributed by atoms with E-state index in [1.807, 2.05) is 0 Å². The van der Waals surface area contributed by atoms with Gasteiger partial charge in [0.25, 0.3) is 11.7 Å². The van der Waals surface area contributed by atoms with Gasteiger partial charge in [-0.15, -0.1) is 4.99 Å². The lowest BCUT2D eigenvalue weighted by Gasteiger charge is -2.39. The molecule has 1 saturated heterocycles. The Balaban J connectivity index is 1.34. The molecular weight excluding hydrogens is 448 g/mol. The van der Waals surface area contributed by atoms with Crippen LogP contribution in [0.15, 0.2) is 41.2 Å². The topological polar surface area (TPSA) is 58.3 Å². The molecule has 0 bridgehead atoms. The second-order valence-corrected chi connectivity index (χ2v) is 11.4. The Labute approximate surface area is 215 Å². The van der Waals surface area contributed by atoms with Gasteiger partial charge in [0.15, 0.2) is 5.71 Å². The van der Waals surface area contributed by atoms with Gasteiger partial charge in [-0.2, -0.15) is 0 Å². The number of benzene rings is 1. The number of morpholine rings is 1. The highest BCUT2D eigenvalue weighted by molar-refractivity contribution is 6.44. The van der Waals surface area contributed by atoms with Crippen LogP contribution < -0.4 is 5.32 Å². The van der Waals surface area contributed by atoms with E-state index in [-0.39, 0.29) is 5.91 Å². The van der Waals surface area contributed by atoms with E-state index in [1.165, 1.54) is 36.8 Å². The minimum Gasteiger partial charge on any atom is -0.379 e. The smallest absolute Gasteiger partial charge is 0.293 e. The molecule has 6 heteroatoms. The zero-order chi connectivity index (χ0) is 25.1. The maximum Gasteiger partial charge on any atom is 0.293 e. The Morgan fingerprint density at radius 2 is 1.94 bits per heavy atom. The number of anilines is 1. The number of rotatable bonds is 5. The SMILES string of the molecule is [C-]#[N+]C1=CCC(C(=O)Nc2ccc(C3CCC(N4CCOCC4)CC3)cc2C2=CCC(C)(C)CC2)=N1. The van der Waals surface area contributed by atoms with Crippen molar-refractivity contribution in [3.63, 3.8) is 0 Å². The Bertz CT molecular complexity index is 1130. The van der Waals surface area contributed by atoms with Gasteiger partial charge in [0, 0.05) is 36.8 Å². The molecule has 0 atom stereocenters. The van der Waals surface area contributed by atoms with Crippen LogP contribution >= 0.6 is 0 Å². The first kappa shape index (κ1) is 24.9. The first-order chi connectivity index (χ1) is 17.4. The Kier molecular flexibility index (Phi) is 7.41. The van der Waals surface area contributed by atoms with E-state index in [2.05, 4.69) is 58.2 Å². The highest BCUT2D eigenvalue weighted by Crippen LogP contribution is 2.42. The number of allylic oxidation sites excluding steroid dienone is 3. The van der Waals surface area contributed by atoms with Crippen molar-refractivity contribution in [2.24, 2.45) is 10.4 Å². The largest absolute Gasteiger partial charge is 0.379 e. The minimum absolute atomic E-state index is 0.207. The summed E-state index contributed by atoms with van der Waals surface area (Å²) in [7, 11) is 0. The van der Waals surface area contributed by atoms with E-state index in [4.69, 9.17) is 11.3 Å². The van der Waals surface area contributed by atoms with Gasteiger partial charge >= 0.3 is 0 Å². The quantitative estimate of drug-likeness (QED) is 0.506. The van der Waals surface area contributed by atoms with E-state index in [0.717, 1.165) is 56.8 Å². The van der Waals surface area contributed by atoms with Crippen LogP contribution in [0.2, 0.25) is 0 Å². The van der Waals surface area contributed by atoms with E-state index < -0.39 is 0 Å². The lowest BCUT2D eigenvalue weighted by atomic mass is 9.76. The first-order valence-electron chi connectivity index (χ1n) is 13.5. The van der Waals surface area contributed by atoms with Crippen molar-refractivity contribution in [1.82, 2.24) is 4.90 Å².